The molecule has 0 spiro atoms. The lowest BCUT2D eigenvalue weighted by atomic mass is 10.1. The zero-order valence-electron chi connectivity index (χ0n) is 15.2. The zero-order chi connectivity index (χ0) is 20.4. The van der Waals surface area contributed by atoms with Gasteiger partial charge in [-0.25, -0.2) is 9.97 Å². The highest BCUT2D eigenvalue weighted by atomic mass is 32.2. The Labute approximate surface area is 178 Å². The Morgan fingerprint density at radius 1 is 1.24 bits per heavy atom. The molecule has 1 atom stereocenters. The van der Waals surface area contributed by atoms with Gasteiger partial charge in [0.05, 0.1) is 23.0 Å². The molecular formula is C20H14N4O2S3. The summed E-state index contributed by atoms with van der Waals surface area (Å²) in [5, 5.41) is 14.2. The summed E-state index contributed by atoms with van der Waals surface area (Å²) in [4.78, 5) is 34.0. The minimum Gasteiger partial charge on any atom is -0.297 e. The van der Waals surface area contributed by atoms with Crippen molar-refractivity contribution in [3.05, 3.63) is 62.5 Å². The summed E-state index contributed by atoms with van der Waals surface area (Å²) in [6.07, 6.45) is 0. The van der Waals surface area contributed by atoms with Crippen LogP contribution in [-0.4, -0.2) is 26.1 Å². The first kappa shape index (κ1) is 19.5. The van der Waals surface area contributed by atoms with E-state index in [1.807, 2.05) is 41.1 Å². The number of carbonyl (C=O) groups is 1. The summed E-state index contributed by atoms with van der Waals surface area (Å²) in [5.41, 5.74) is 2.18. The average molecular weight is 439 g/mol. The SMILES string of the molecule is Cn1c(SCC(=O)C(C#N)c2nc(-c3ccccc3)cs2)nc2ccsc2c1=O. The minimum atomic E-state index is -0.938. The predicted octanol–water partition coefficient (Wildman–Crippen LogP) is 4.09. The molecule has 0 aliphatic rings. The van der Waals surface area contributed by atoms with Crippen molar-refractivity contribution in [2.45, 2.75) is 11.1 Å². The van der Waals surface area contributed by atoms with E-state index in [0.717, 1.165) is 23.0 Å². The van der Waals surface area contributed by atoms with E-state index in [2.05, 4.69) is 16.0 Å². The van der Waals surface area contributed by atoms with Gasteiger partial charge in [0.15, 0.2) is 16.9 Å². The van der Waals surface area contributed by atoms with Gasteiger partial charge < -0.3 is 0 Å². The van der Waals surface area contributed by atoms with Crippen molar-refractivity contribution in [2.75, 3.05) is 5.75 Å². The fraction of sp³-hybridized carbons (Fsp3) is 0.150. The van der Waals surface area contributed by atoms with E-state index in [0.29, 0.717) is 20.4 Å². The summed E-state index contributed by atoms with van der Waals surface area (Å²) < 4.78 is 2.03. The van der Waals surface area contributed by atoms with Gasteiger partial charge in [0, 0.05) is 18.0 Å². The third kappa shape index (κ3) is 3.87. The van der Waals surface area contributed by atoms with E-state index in [1.165, 1.54) is 27.2 Å². The van der Waals surface area contributed by atoms with Gasteiger partial charge in [-0.15, -0.1) is 22.7 Å². The maximum atomic E-state index is 12.7. The van der Waals surface area contributed by atoms with E-state index in [1.54, 1.807) is 13.1 Å². The first-order valence-electron chi connectivity index (χ1n) is 8.58. The average Bonchev–Trinajstić information content (AvgIpc) is 3.41. The third-order valence-electron chi connectivity index (χ3n) is 4.28. The molecule has 0 saturated heterocycles. The fourth-order valence-corrected chi connectivity index (χ4v) is 5.32. The summed E-state index contributed by atoms with van der Waals surface area (Å²) in [6.45, 7) is 0. The number of Topliss-reactive ketones (excluding diaryl/α,β-unsaturated/α-hetero) is 1. The highest BCUT2D eigenvalue weighted by molar-refractivity contribution is 7.99. The molecule has 3 heterocycles. The van der Waals surface area contributed by atoms with Gasteiger partial charge in [0.25, 0.3) is 5.56 Å². The van der Waals surface area contributed by atoms with Crippen molar-refractivity contribution in [3.8, 4) is 17.3 Å². The Morgan fingerprint density at radius 2 is 2.03 bits per heavy atom. The molecule has 0 fully saturated rings. The number of nitriles is 1. The van der Waals surface area contributed by atoms with E-state index in [-0.39, 0.29) is 17.1 Å². The number of thiophene rings is 1. The molecule has 0 amide bonds. The van der Waals surface area contributed by atoms with E-state index >= 15 is 0 Å². The molecule has 3 aromatic heterocycles. The van der Waals surface area contributed by atoms with Crippen LogP contribution in [0.3, 0.4) is 0 Å². The molecule has 1 aromatic carbocycles. The molecule has 0 N–H and O–H groups in total. The molecule has 0 saturated carbocycles. The Hall–Kier alpha value is -2.80. The maximum Gasteiger partial charge on any atom is 0.271 e. The van der Waals surface area contributed by atoms with E-state index in [9.17, 15) is 14.9 Å². The van der Waals surface area contributed by atoms with Crippen LogP contribution in [0.1, 0.15) is 10.9 Å². The van der Waals surface area contributed by atoms with Crippen LogP contribution in [0.2, 0.25) is 0 Å². The standard InChI is InChI=1S/C20H14N4O2S3/c1-24-19(26)17-14(7-8-27-17)23-20(24)29-11-16(25)13(9-21)18-22-15(10-28-18)12-5-3-2-4-6-12/h2-8,10,13H,11H2,1H3. The molecule has 0 aliphatic carbocycles. The van der Waals surface area contributed by atoms with Crippen molar-refractivity contribution in [1.29, 1.82) is 5.26 Å². The molecule has 0 bridgehead atoms. The third-order valence-corrected chi connectivity index (χ3v) is 7.13. The molecule has 1 unspecified atom stereocenters. The number of aromatic nitrogens is 3. The monoisotopic (exact) mass is 438 g/mol. The number of hydrogen-bond donors (Lipinski definition) is 0. The van der Waals surface area contributed by atoms with Gasteiger partial charge >= 0.3 is 0 Å². The second kappa shape index (κ2) is 8.29. The van der Waals surface area contributed by atoms with Gasteiger partial charge in [-0.1, -0.05) is 42.1 Å². The second-order valence-electron chi connectivity index (χ2n) is 6.15. The van der Waals surface area contributed by atoms with Crippen molar-refractivity contribution in [3.63, 3.8) is 0 Å². The summed E-state index contributed by atoms with van der Waals surface area (Å²) >= 11 is 3.81. The highest BCUT2D eigenvalue weighted by Crippen LogP contribution is 2.28. The van der Waals surface area contributed by atoms with E-state index in [4.69, 9.17) is 0 Å². The highest BCUT2D eigenvalue weighted by Gasteiger charge is 2.24. The molecule has 144 valence electrons. The first-order chi connectivity index (χ1) is 14.1. The van der Waals surface area contributed by atoms with Gasteiger partial charge in [-0.2, -0.15) is 5.26 Å². The molecule has 4 aromatic rings. The van der Waals surface area contributed by atoms with Gasteiger partial charge in [-0.05, 0) is 11.4 Å². The molecule has 6 nitrogen and oxygen atoms in total. The number of ketones is 1. The van der Waals surface area contributed by atoms with Crippen LogP contribution in [0, 0.1) is 11.3 Å². The van der Waals surface area contributed by atoms with Crippen LogP contribution < -0.4 is 5.56 Å². The fourth-order valence-electron chi connectivity index (χ4n) is 2.74. The number of benzene rings is 1. The Balaban J connectivity index is 1.52. The van der Waals surface area contributed by atoms with Gasteiger partial charge in [0.2, 0.25) is 0 Å². The van der Waals surface area contributed by atoms with Crippen molar-refractivity contribution in [1.82, 2.24) is 14.5 Å². The number of thioether (sulfide) groups is 1. The molecule has 9 heteroatoms. The number of thiazole rings is 1. The van der Waals surface area contributed by atoms with Crippen LogP contribution in [0.25, 0.3) is 21.5 Å². The van der Waals surface area contributed by atoms with Crippen LogP contribution in [0.5, 0.6) is 0 Å². The smallest absolute Gasteiger partial charge is 0.271 e. The number of fused-ring (bicyclic) bond motifs is 1. The molecule has 0 aliphatic heterocycles. The van der Waals surface area contributed by atoms with Gasteiger partial charge in [-0.3, -0.25) is 14.2 Å². The molecular weight excluding hydrogens is 424 g/mol. The lowest BCUT2D eigenvalue weighted by Crippen LogP contribution is -2.20. The van der Waals surface area contributed by atoms with Crippen LogP contribution >= 0.6 is 34.4 Å². The summed E-state index contributed by atoms with van der Waals surface area (Å²) in [7, 11) is 1.63. The lowest BCUT2D eigenvalue weighted by molar-refractivity contribution is -0.116. The number of rotatable bonds is 6. The maximum absolute atomic E-state index is 12.7. The normalized spacial score (nSPS) is 12.0. The van der Waals surface area contributed by atoms with Crippen molar-refractivity contribution < 1.29 is 4.79 Å². The van der Waals surface area contributed by atoms with Crippen molar-refractivity contribution in [2.24, 2.45) is 7.05 Å². The number of carbonyl (C=O) groups excluding carboxylic acids is 1. The zero-order valence-corrected chi connectivity index (χ0v) is 17.7. The number of nitrogens with zero attached hydrogens (tertiary/aromatic N) is 4. The summed E-state index contributed by atoms with van der Waals surface area (Å²) in [5.74, 6) is -1.16. The quantitative estimate of drug-likeness (QED) is 0.333. The Bertz CT molecular complexity index is 1280. The topological polar surface area (TPSA) is 88.6 Å². The molecule has 0 radical (unpaired) electrons. The first-order valence-corrected chi connectivity index (χ1v) is 11.3. The minimum absolute atomic E-state index is 0.0361. The predicted molar refractivity (Wildman–Crippen MR) is 116 cm³/mol. The second-order valence-corrected chi connectivity index (χ2v) is 8.90. The Morgan fingerprint density at radius 3 is 2.79 bits per heavy atom. The number of hydrogen-bond acceptors (Lipinski definition) is 8. The lowest BCUT2D eigenvalue weighted by Gasteiger charge is -2.08. The van der Waals surface area contributed by atoms with E-state index < -0.39 is 5.92 Å². The molecule has 4 rings (SSSR count). The van der Waals surface area contributed by atoms with Crippen LogP contribution in [0.4, 0.5) is 0 Å². The Kier molecular flexibility index (Phi) is 5.58. The van der Waals surface area contributed by atoms with Gasteiger partial charge in [0.1, 0.15) is 9.71 Å². The molecule has 29 heavy (non-hydrogen) atoms. The van der Waals surface area contributed by atoms with Crippen LogP contribution in [-0.2, 0) is 11.8 Å². The summed E-state index contributed by atoms with van der Waals surface area (Å²) in [6, 6.07) is 13.5. The largest absolute Gasteiger partial charge is 0.297 e. The van der Waals surface area contributed by atoms with Crippen LogP contribution in [0.15, 0.2) is 57.1 Å². The van der Waals surface area contributed by atoms with Crippen molar-refractivity contribution >= 4 is 50.4 Å².